The topological polar surface area (TPSA) is 15.3 Å². The Kier molecular flexibility index (Phi) is 4.35. The first kappa shape index (κ1) is 12.8. The molecule has 1 N–H and O–H groups in total. The summed E-state index contributed by atoms with van der Waals surface area (Å²) in [5.74, 6) is 0. The lowest BCUT2D eigenvalue weighted by Gasteiger charge is -2.26. The SMILES string of the molecule is CC(C)Sc1ccc(N(C)C2CCNC2)cc1. The first-order chi connectivity index (χ1) is 8.16. The fraction of sp³-hybridized carbons (Fsp3) is 0.571. The summed E-state index contributed by atoms with van der Waals surface area (Å²) in [4.78, 5) is 3.76. The van der Waals surface area contributed by atoms with Gasteiger partial charge in [0.1, 0.15) is 0 Å². The highest BCUT2D eigenvalue weighted by atomic mass is 32.2. The van der Waals surface area contributed by atoms with Crippen LogP contribution in [0.1, 0.15) is 20.3 Å². The normalized spacial score (nSPS) is 19.9. The Morgan fingerprint density at radius 1 is 1.29 bits per heavy atom. The first-order valence-corrected chi connectivity index (χ1v) is 7.25. The Morgan fingerprint density at radius 3 is 2.53 bits per heavy atom. The van der Waals surface area contributed by atoms with Gasteiger partial charge in [0.15, 0.2) is 0 Å². The van der Waals surface area contributed by atoms with Crippen molar-refractivity contribution >= 4 is 17.4 Å². The van der Waals surface area contributed by atoms with E-state index in [1.165, 1.54) is 17.0 Å². The van der Waals surface area contributed by atoms with Crippen LogP contribution in [-0.4, -0.2) is 31.4 Å². The average Bonchev–Trinajstić information content (AvgIpc) is 2.82. The molecule has 0 spiro atoms. The summed E-state index contributed by atoms with van der Waals surface area (Å²) in [6, 6.07) is 9.60. The summed E-state index contributed by atoms with van der Waals surface area (Å²) in [6.07, 6.45) is 1.25. The highest BCUT2D eigenvalue weighted by Crippen LogP contribution is 2.26. The molecule has 0 saturated carbocycles. The standard InChI is InChI=1S/C14H22N2S/c1-11(2)17-14-6-4-12(5-7-14)16(3)13-8-9-15-10-13/h4-7,11,13,15H,8-10H2,1-3H3. The Morgan fingerprint density at radius 2 is 2.00 bits per heavy atom. The number of thioether (sulfide) groups is 1. The molecule has 0 bridgehead atoms. The molecule has 1 atom stereocenters. The van der Waals surface area contributed by atoms with Crippen molar-refractivity contribution in [2.24, 2.45) is 0 Å². The van der Waals surface area contributed by atoms with Crippen LogP contribution in [-0.2, 0) is 0 Å². The molecule has 0 radical (unpaired) electrons. The van der Waals surface area contributed by atoms with Gasteiger partial charge in [0.05, 0.1) is 0 Å². The van der Waals surface area contributed by atoms with Crippen molar-refractivity contribution < 1.29 is 0 Å². The van der Waals surface area contributed by atoms with Gasteiger partial charge in [-0.3, -0.25) is 0 Å². The maximum Gasteiger partial charge on any atom is 0.0423 e. The predicted molar refractivity (Wildman–Crippen MR) is 77.1 cm³/mol. The Balaban J connectivity index is 2.01. The molecule has 1 aromatic carbocycles. The van der Waals surface area contributed by atoms with Gasteiger partial charge in [-0.2, -0.15) is 0 Å². The highest BCUT2D eigenvalue weighted by molar-refractivity contribution is 7.99. The van der Waals surface area contributed by atoms with E-state index in [0.717, 1.165) is 13.1 Å². The van der Waals surface area contributed by atoms with Gasteiger partial charge in [-0.25, -0.2) is 0 Å². The summed E-state index contributed by atoms with van der Waals surface area (Å²) in [5, 5.41) is 4.07. The third-order valence-corrected chi connectivity index (χ3v) is 4.21. The molecule has 0 aliphatic carbocycles. The maximum absolute atomic E-state index is 3.41. The fourth-order valence-corrected chi connectivity index (χ4v) is 3.05. The Bertz CT molecular complexity index is 342. The van der Waals surface area contributed by atoms with E-state index in [1.54, 1.807) is 0 Å². The molecule has 1 aromatic rings. The van der Waals surface area contributed by atoms with Crippen LogP contribution in [0.25, 0.3) is 0 Å². The van der Waals surface area contributed by atoms with E-state index in [4.69, 9.17) is 0 Å². The molecule has 1 fully saturated rings. The number of hydrogen-bond acceptors (Lipinski definition) is 3. The van der Waals surface area contributed by atoms with Gasteiger partial charge >= 0.3 is 0 Å². The quantitative estimate of drug-likeness (QED) is 0.827. The fourth-order valence-electron chi connectivity index (χ4n) is 2.21. The molecule has 1 aliphatic heterocycles. The van der Waals surface area contributed by atoms with Gasteiger partial charge in [0.25, 0.3) is 0 Å². The Hall–Kier alpha value is -0.670. The molecular formula is C14H22N2S. The van der Waals surface area contributed by atoms with E-state index >= 15 is 0 Å². The summed E-state index contributed by atoms with van der Waals surface area (Å²) in [6.45, 7) is 6.72. The van der Waals surface area contributed by atoms with Crippen molar-refractivity contribution in [3.05, 3.63) is 24.3 Å². The molecule has 1 heterocycles. The van der Waals surface area contributed by atoms with Gasteiger partial charge < -0.3 is 10.2 Å². The second-order valence-corrected chi connectivity index (χ2v) is 6.57. The lowest BCUT2D eigenvalue weighted by Crippen LogP contribution is -2.33. The second kappa shape index (κ2) is 5.78. The van der Waals surface area contributed by atoms with Gasteiger partial charge in [-0.05, 0) is 37.2 Å². The zero-order chi connectivity index (χ0) is 12.3. The molecule has 0 amide bonds. The molecule has 2 nitrogen and oxygen atoms in total. The lowest BCUT2D eigenvalue weighted by molar-refractivity contribution is 0.685. The molecule has 1 aliphatic rings. The molecule has 0 aromatic heterocycles. The minimum absolute atomic E-state index is 0.651. The van der Waals surface area contributed by atoms with Crippen LogP contribution < -0.4 is 10.2 Å². The third-order valence-electron chi connectivity index (χ3n) is 3.20. The van der Waals surface area contributed by atoms with Gasteiger partial charge in [0, 0.05) is 35.5 Å². The number of anilines is 1. The van der Waals surface area contributed by atoms with E-state index in [0.29, 0.717) is 11.3 Å². The zero-order valence-electron chi connectivity index (χ0n) is 10.9. The monoisotopic (exact) mass is 250 g/mol. The van der Waals surface area contributed by atoms with E-state index in [1.807, 2.05) is 11.8 Å². The number of rotatable bonds is 4. The maximum atomic E-state index is 3.41. The van der Waals surface area contributed by atoms with E-state index in [2.05, 4.69) is 55.4 Å². The van der Waals surface area contributed by atoms with Gasteiger partial charge in [-0.1, -0.05) is 13.8 Å². The molecule has 1 saturated heterocycles. The van der Waals surface area contributed by atoms with Crippen molar-refractivity contribution in [2.75, 3.05) is 25.0 Å². The number of nitrogens with zero attached hydrogens (tertiary/aromatic N) is 1. The number of nitrogens with one attached hydrogen (secondary N) is 1. The number of benzene rings is 1. The minimum Gasteiger partial charge on any atom is -0.370 e. The predicted octanol–water partition coefficient (Wildman–Crippen LogP) is 2.99. The average molecular weight is 250 g/mol. The highest BCUT2D eigenvalue weighted by Gasteiger charge is 2.19. The number of likely N-dealkylation sites (N-methyl/N-ethyl adjacent to an activating group) is 1. The van der Waals surface area contributed by atoms with Crippen LogP contribution in [0, 0.1) is 0 Å². The summed E-state index contributed by atoms with van der Waals surface area (Å²) in [7, 11) is 2.20. The van der Waals surface area contributed by atoms with E-state index < -0.39 is 0 Å². The molecular weight excluding hydrogens is 228 g/mol. The van der Waals surface area contributed by atoms with Crippen LogP contribution in [0.3, 0.4) is 0 Å². The molecule has 3 heteroatoms. The smallest absolute Gasteiger partial charge is 0.0423 e. The second-order valence-electron chi connectivity index (χ2n) is 4.92. The van der Waals surface area contributed by atoms with Crippen LogP contribution in [0.2, 0.25) is 0 Å². The van der Waals surface area contributed by atoms with Crippen molar-refractivity contribution in [2.45, 2.75) is 36.5 Å². The lowest BCUT2D eigenvalue weighted by atomic mass is 10.2. The molecule has 2 rings (SSSR count). The first-order valence-electron chi connectivity index (χ1n) is 6.37. The van der Waals surface area contributed by atoms with E-state index in [9.17, 15) is 0 Å². The number of hydrogen-bond donors (Lipinski definition) is 1. The van der Waals surface area contributed by atoms with Crippen molar-refractivity contribution in [1.82, 2.24) is 5.32 Å². The van der Waals surface area contributed by atoms with Gasteiger partial charge in [-0.15, -0.1) is 11.8 Å². The van der Waals surface area contributed by atoms with Crippen LogP contribution in [0.15, 0.2) is 29.2 Å². The Labute approximate surface area is 109 Å². The minimum atomic E-state index is 0.651. The summed E-state index contributed by atoms with van der Waals surface area (Å²) in [5.41, 5.74) is 1.33. The van der Waals surface area contributed by atoms with E-state index in [-0.39, 0.29) is 0 Å². The summed E-state index contributed by atoms with van der Waals surface area (Å²) < 4.78 is 0. The van der Waals surface area contributed by atoms with Crippen molar-refractivity contribution in [3.63, 3.8) is 0 Å². The van der Waals surface area contributed by atoms with Crippen LogP contribution in [0.5, 0.6) is 0 Å². The van der Waals surface area contributed by atoms with Crippen molar-refractivity contribution in [1.29, 1.82) is 0 Å². The van der Waals surface area contributed by atoms with Crippen LogP contribution in [0.4, 0.5) is 5.69 Å². The summed E-state index contributed by atoms with van der Waals surface area (Å²) >= 11 is 1.92. The molecule has 94 valence electrons. The van der Waals surface area contributed by atoms with Crippen LogP contribution >= 0.6 is 11.8 Å². The molecule has 17 heavy (non-hydrogen) atoms. The largest absolute Gasteiger partial charge is 0.370 e. The zero-order valence-corrected chi connectivity index (χ0v) is 11.8. The van der Waals surface area contributed by atoms with Gasteiger partial charge in [0.2, 0.25) is 0 Å². The molecule has 1 unspecified atom stereocenters. The van der Waals surface area contributed by atoms with Crippen molar-refractivity contribution in [3.8, 4) is 0 Å². The third kappa shape index (κ3) is 3.39.